The van der Waals surface area contributed by atoms with Crippen LogP contribution in [0.25, 0.3) is 0 Å². The minimum Gasteiger partial charge on any atom is -0.481 e. The minimum atomic E-state index is -0.836. The predicted molar refractivity (Wildman–Crippen MR) is 78.7 cm³/mol. The molecule has 1 saturated carbocycles. The highest BCUT2D eigenvalue weighted by atomic mass is 16.4. The Morgan fingerprint density at radius 1 is 1.25 bits per heavy atom. The standard InChI is InChI=1S/C15H28N2O3/c1-15(2,10-9-13(18)19)17-14(20)16-11-5-8-12-6-3-4-7-12/h12H,3-11H2,1-2H3,(H,18,19)(H2,16,17,20). The number of amides is 2. The Bertz CT molecular complexity index is 323. The number of hydrogen-bond acceptors (Lipinski definition) is 2. The Morgan fingerprint density at radius 3 is 2.50 bits per heavy atom. The van der Waals surface area contributed by atoms with E-state index in [0.717, 1.165) is 12.3 Å². The summed E-state index contributed by atoms with van der Waals surface area (Å²) in [5.41, 5.74) is -0.492. The van der Waals surface area contributed by atoms with Crippen LogP contribution in [0.1, 0.15) is 65.2 Å². The zero-order valence-corrected chi connectivity index (χ0v) is 12.7. The molecule has 3 N–H and O–H groups in total. The molecule has 5 heteroatoms. The number of carboxylic acid groups (broad SMARTS) is 1. The van der Waals surface area contributed by atoms with E-state index in [-0.39, 0.29) is 12.5 Å². The van der Waals surface area contributed by atoms with E-state index in [2.05, 4.69) is 10.6 Å². The van der Waals surface area contributed by atoms with E-state index in [4.69, 9.17) is 5.11 Å². The Hall–Kier alpha value is -1.26. The molecule has 0 unspecified atom stereocenters. The van der Waals surface area contributed by atoms with Crippen molar-refractivity contribution in [3.05, 3.63) is 0 Å². The van der Waals surface area contributed by atoms with E-state index in [1.165, 1.54) is 32.1 Å². The molecular formula is C15H28N2O3. The molecule has 116 valence electrons. The molecule has 0 heterocycles. The molecule has 0 aromatic rings. The fraction of sp³-hybridized carbons (Fsp3) is 0.867. The van der Waals surface area contributed by atoms with Gasteiger partial charge in [0, 0.05) is 18.5 Å². The summed E-state index contributed by atoms with van der Waals surface area (Å²) in [4.78, 5) is 22.3. The van der Waals surface area contributed by atoms with Gasteiger partial charge in [-0.25, -0.2) is 4.79 Å². The SMILES string of the molecule is CC(C)(CCC(=O)O)NC(=O)NCCCC1CCCC1. The average molecular weight is 284 g/mol. The van der Waals surface area contributed by atoms with Crippen LogP contribution < -0.4 is 10.6 Å². The molecule has 1 aliphatic carbocycles. The van der Waals surface area contributed by atoms with Crippen molar-refractivity contribution in [1.29, 1.82) is 0 Å². The Balaban J connectivity index is 2.10. The summed E-state index contributed by atoms with van der Waals surface area (Å²) in [6.07, 6.45) is 8.11. The molecule has 2 amide bonds. The van der Waals surface area contributed by atoms with E-state index in [0.29, 0.717) is 13.0 Å². The zero-order chi connectivity index (χ0) is 15.0. The fourth-order valence-corrected chi connectivity index (χ4v) is 2.73. The summed E-state index contributed by atoms with van der Waals surface area (Å²) in [6.45, 7) is 4.37. The van der Waals surface area contributed by atoms with Crippen LogP contribution in [0.4, 0.5) is 4.79 Å². The number of aliphatic carboxylic acids is 1. The van der Waals surface area contributed by atoms with E-state index in [1.807, 2.05) is 13.8 Å². The lowest BCUT2D eigenvalue weighted by molar-refractivity contribution is -0.137. The summed E-state index contributed by atoms with van der Waals surface area (Å²) in [6, 6.07) is -0.202. The molecule has 5 nitrogen and oxygen atoms in total. The van der Waals surface area contributed by atoms with Gasteiger partial charge in [0.2, 0.25) is 0 Å². The molecule has 0 aliphatic heterocycles. The van der Waals surface area contributed by atoms with Gasteiger partial charge in [0.25, 0.3) is 0 Å². The van der Waals surface area contributed by atoms with Crippen LogP contribution in [0.15, 0.2) is 0 Å². The van der Waals surface area contributed by atoms with Gasteiger partial charge in [-0.2, -0.15) is 0 Å². The number of carbonyl (C=O) groups is 2. The Morgan fingerprint density at radius 2 is 1.90 bits per heavy atom. The Labute approximate surface area is 121 Å². The van der Waals surface area contributed by atoms with E-state index in [1.54, 1.807) is 0 Å². The minimum absolute atomic E-state index is 0.0644. The van der Waals surface area contributed by atoms with Crippen molar-refractivity contribution in [2.24, 2.45) is 5.92 Å². The van der Waals surface area contributed by atoms with Crippen molar-refractivity contribution >= 4 is 12.0 Å². The van der Waals surface area contributed by atoms with E-state index < -0.39 is 11.5 Å². The number of hydrogen-bond donors (Lipinski definition) is 3. The molecule has 1 aliphatic rings. The van der Waals surface area contributed by atoms with Crippen LogP contribution in [-0.4, -0.2) is 29.2 Å². The van der Waals surface area contributed by atoms with E-state index >= 15 is 0 Å². The second-order valence-electron chi connectivity index (χ2n) is 6.45. The first kappa shape index (κ1) is 16.8. The third-order valence-electron chi connectivity index (χ3n) is 3.97. The third-order valence-corrected chi connectivity index (χ3v) is 3.97. The smallest absolute Gasteiger partial charge is 0.315 e. The van der Waals surface area contributed by atoms with Gasteiger partial charge in [0.15, 0.2) is 0 Å². The lowest BCUT2D eigenvalue weighted by Gasteiger charge is -2.25. The molecule has 0 atom stereocenters. The molecule has 0 spiro atoms. The van der Waals surface area contributed by atoms with Crippen LogP contribution in [0.5, 0.6) is 0 Å². The van der Waals surface area contributed by atoms with Crippen molar-refractivity contribution in [3.63, 3.8) is 0 Å². The molecule has 20 heavy (non-hydrogen) atoms. The van der Waals surface area contributed by atoms with Crippen molar-refractivity contribution in [2.45, 2.75) is 70.8 Å². The molecule has 0 saturated heterocycles. The van der Waals surface area contributed by atoms with Crippen molar-refractivity contribution < 1.29 is 14.7 Å². The molecule has 0 radical (unpaired) electrons. The fourth-order valence-electron chi connectivity index (χ4n) is 2.73. The lowest BCUT2D eigenvalue weighted by atomic mass is 9.99. The molecular weight excluding hydrogens is 256 g/mol. The highest BCUT2D eigenvalue weighted by molar-refractivity contribution is 5.74. The summed E-state index contributed by atoms with van der Waals surface area (Å²) >= 11 is 0. The predicted octanol–water partition coefficient (Wildman–Crippen LogP) is 2.90. The van der Waals surface area contributed by atoms with Crippen LogP contribution in [-0.2, 0) is 4.79 Å². The lowest BCUT2D eigenvalue weighted by Crippen LogP contribution is -2.48. The molecule has 0 aromatic carbocycles. The maximum absolute atomic E-state index is 11.7. The second-order valence-corrected chi connectivity index (χ2v) is 6.45. The first-order valence-electron chi connectivity index (χ1n) is 7.67. The van der Waals surface area contributed by atoms with E-state index in [9.17, 15) is 9.59 Å². The first-order valence-corrected chi connectivity index (χ1v) is 7.67. The van der Waals surface area contributed by atoms with Gasteiger partial charge in [-0.15, -0.1) is 0 Å². The number of rotatable bonds is 8. The monoisotopic (exact) mass is 284 g/mol. The van der Waals surface area contributed by atoms with Gasteiger partial charge >= 0.3 is 12.0 Å². The van der Waals surface area contributed by atoms with Gasteiger partial charge in [-0.1, -0.05) is 25.7 Å². The van der Waals surface area contributed by atoms with Crippen molar-refractivity contribution in [3.8, 4) is 0 Å². The summed E-state index contributed by atoms with van der Waals surface area (Å²) in [5.74, 6) is 0.0173. The van der Waals surface area contributed by atoms with Gasteiger partial charge in [-0.3, -0.25) is 4.79 Å². The average Bonchev–Trinajstić information content (AvgIpc) is 2.85. The largest absolute Gasteiger partial charge is 0.481 e. The molecule has 1 rings (SSSR count). The normalized spacial score (nSPS) is 16.1. The van der Waals surface area contributed by atoms with Gasteiger partial charge in [-0.05, 0) is 39.0 Å². The summed E-state index contributed by atoms with van der Waals surface area (Å²) < 4.78 is 0. The third kappa shape index (κ3) is 7.36. The van der Waals surface area contributed by atoms with Gasteiger partial charge in [0.05, 0.1) is 0 Å². The Kier molecular flexibility index (Phi) is 6.82. The van der Waals surface area contributed by atoms with Crippen molar-refractivity contribution in [2.75, 3.05) is 6.54 Å². The van der Waals surface area contributed by atoms with Crippen molar-refractivity contribution in [1.82, 2.24) is 10.6 Å². The topological polar surface area (TPSA) is 78.4 Å². The zero-order valence-electron chi connectivity index (χ0n) is 12.7. The molecule has 1 fully saturated rings. The van der Waals surface area contributed by atoms with Gasteiger partial charge < -0.3 is 15.7 Å². The summed E-state index contributed by atoms with van der Waals surface area (Å²) in [7, 11) is 0. The highest BCUT2D eigenvalue weighted by Crippen LogP contribution is 2.28. The second kappa shape index (κ2) is 8.12. The highest BCUT2D eigenvalue weighted by Gasteiger charge is 2.21. The number of urea groups is 1. The van der Waals surface area contributed by atoms with Crippen LogP contribution in [0.2, 0.25) is 0 Å². The van der Waals surface area contributed by atoms with Gasteiger partial charge in [0.1, 0.15) is 0 Å². The van der Waals surface area contributed by atoms with Crippen LogP contribution in [0, 0.1) is 5.92 Å². The molecule has 0 bridgehead atoms. The molecule has 0 aromatic heterocycles. The quantitative estimate of drug-likeness (QED) is 0.600. The van der Waals surface area contributed by atoms with Crippen LogP contribution >= 0.6 is 0 Å². The number of carboxylic acids is 1. The summed E-state index contributed by atoms with van der Waals surface area (Å²) in [5, 5.41) is 14.3. The first-order chi connectivity index (χ1) is 9.39. The maximum atomic E-state index is 11.7. The van der Waals surface area contributed by atoms with Crippen LogP contribution in [0.3, 0.4) is 0 Å². The number of carbonyl (C=O) groups excluding carboxylic acids is 1. The number of nitrogens with one attached hydrogen (secondary N) is 2. The maximum Gasteiger partial charge on any atom is 0.315 e.